The van der Waals surface area contributed by atoms with Crippen LogP contribution in [0.5, 0.6) is 0 Å². The Morgan fingerprint density at radius 1 is 1.41 bits per heavy atom. The van der Waals surface area contributed by atoms with Crippen LogP contribution in [0, 0.1) is 5.92 Å². The molecule has 0 aromatic rings. The van der Waals surface area contributed by atoms with Gasteiger partial charge in [0.1, 0.15) is 0 Å². The monoisotopic (exact) mass is 240 g/mol. The van der Waals surface area contributed by atoms with E-state index >= 15 is 0 Å². The van der Waals surface area contributed by atoms with Crippen molar-refractivity contribution in [3.63, 3.8) is 0 Å². The number of rotatable bonds is 3. The summed E-state index contributed by atoms with van der Waals surface area (Å²) in [5.74, 6) is -0.636. The third-order valence-electron chi connectivity index (χ3n) is 3.91. The molecule has 0 radical (unpaired) electrons. The van der Waals surface area contributed by atoms with Crippen LogP contribution in [-0.4, -0.2) is 47.1 Å². The van der Waals surface area contributed by atoms with E-state index in [2.05, 4.69) is 5.32 Å². The molecule has 2 aliphatic heterocycles. The minimum absolute atomic E-state index is 0.0318. The fourth-order valence-electron chi connectivity index (χ4n) is 2.95. The standard InChI is InChI=1S/C12H20N2O3/c1-8-10(4-5-13-8)12(17)14-6-2-3-9(14)7-11(15)16/h8-10,13H,2-7H2,1H3,(H,15,16). The van der Waals surface area contributed by atoms with Gasteiger partial charge in [-0.3, -0.25) is 9.59 Å². The first-order chi connectivity index (χ1) is 8.09. The Bertz CT molecular complexity index is 319. The molecule has 2 saturated heterocycles. The number of amides is 1. The van der Waals surface area contributed by atoms with E-state index in [1.807, 2.05) is 6.92 Å². The average Bonchev–Trinajstić information content (AvgIpc) is 2.85. The van der Waals surface area contributed by atoms with Gasteiger partial charge in [0.15, 0.2) is 0 Å². The number of carboxylic acid groups (broad SMARTS) is 1. The molecule has 2 rings (SSSR count). The molecule has 0 saturated carbocycles. The van der Waals surface area contributed by atoms with E-state index in [0.717, 1.165) is 32.4 Å². The van der Waals surface area contributed by atoms with E-state index in [-0.39, 0.29) is 30.3 Å². The van der Waals surface area contributed by atoms with Crippen LogP contribution < -0.4 is 5.32 Å². The van der Waals surface area contributed by atoms with Gasteiger partial charge in [0, 0.05) is 18.6 Å². The summed E-state index contributed by atoms with van der Waals surface area (Å²) in [5.41, 5.74) is 0. The molecule has 1 amide bonds. The molecular weight excluding hydrogens is 220 g/mol. The maximum Gasteiger partial charge on any atom is 0.305 e. The van der Waals surface area contributed by atoms with Gasteiger partial charge in [-0.2, -0.15) is 0 Å². The Balaban J connectivity index is 2.00. The minimum Gasteiger partial charge on any atom is -0.481 e. The van der Waals surface area contributed by atoms with Crippen molar-refractivity contribution in [1.82, 2.24) is 10.2 Å². The van der Waals surface area contributed by atoms with Crippen LogP contribution in [0.15, 0.2) is 0 Å². The highest BCUT2D eigenvalue weighted by molar-refractivity contribution is 5.81. The first kappa shape index (κ1) is 12.4. The molecule has 2 heterocycles. The second kappa shape index (κ2) is 5.04. The summed E-state index contributed by atoms with van der Waals surface area (Å²) in [7, 11) is 0. The Morgan fingerprint density at radius 2 is 2.18 bits per heavy atom. The van der Waals surface area contributed by atoms with Crippen molar-refractivity contribution in [2.24, 2.45) is 5.92 Å². The molecule has 2 N–H and O–H groups in total. The topological polar surface area (TPSA) is 69.6 Å². The molecular formula is C12H20N2O3. The van der Waals surface area contributed by atoms with Crippen molar-refractivity contribution in [2.75, 3.05) is 13.1 Å². The normalized spacial score (nSPS) is 33.0. The van der Waals surface area contributed by atoms with E-state index < -0.39 is 5.97 Å². The van der Waals surface area contributed by atoms with Crippen LogP contribution in [0.2, 0.25) is 0 Å². The van der Waals surface area contributed by atoms with Crippen molar-refractivity contribution < 1.29 is 14.7 Å². The zero-order chi connectivity index (χ0) is 12.4. The highest BCUT2D eigenvalue weighted by Crippen LogP contribution is 2.26. The number of nitrogens with zero attached hydrogens (tertiary/aromatic N) is 1. The largest absolute Gasteiger partial charge is 0.481 e. The molecule has 96 valence electrons. The zero-order valence-corrected chi connectivity index (χ0v) is 10.2. The van der Waals surface area contributed by atoms with Crippen LogP contribution in [0.4, 0.5) is 0 Å². The predicted molar refractivity (Wildman–Crippen MR) is 62.6 cm³/mol. The number of nitrogens with one attached hydrogen (secondary N) is 1. The summed E-state index contributed by atoms with van der Waals surface area (Å²) in [5, 5.41) is 12.1. The maximum absolute atomic E-state index is 12.3. The lowest BCUT2D eigenvalue weighted by Crippen LogP contribution is -2.43. The van der Waals surface area contributed by atoms with E-state index in [0.29, 0.717) is 0 Å². The lowest BCUT2D eigenvalue weighted by atomic mass is 9.99. The van der Waals surface area contributed by atoms with Gasteiger partial charge in [0.2, 0.25) is 5.91 Å². The number of hydrogen-bond donors (Lipinski definition) is 2. The fourth-order valence-corrected chi connectivity index (χ4v) is 2.95. The molecule has 3 unspecified atom stereocenters. The van der Waals surface area contributed by atoms with Crippen LogP contribution in [0.1, 0.15) is 32.6 Å². The number of hydrogen-bond acceptors (Lipinski definition) is 3. The van der Waals surface area contributed by atoms with Gasteiger partial charge in [0.05, 0.1) is 12.3 Å². The second-order valence-electron chi connectivity index (χ2n) is 5.06. The van der Waals surface area contributed by atoms with Crippen molar-refractivity contribution in [3.8, 4) is 0 Å². The maximum atomic E-state index is 12.3. The van der Waals surface area contributed by atoms with Crippen molar-refractivity contribution in [2.45, 2.75) is 44.7 Å². The van der Waals surface area contributed by atoms with Crippen LogP contribution in [-0.2, 0) is 9.59 Å². The molecule has 0 spiro atoms. The smallest absolute Gasteiger partial charge is 0.305 e. The van der Waals surface area contributed by atoms with Gasteiger partial charge in [-0.1, -0.05) is 0 Å². The zero-order valence-electron chi connectivity index (χ0n) is 10.2. The quantitative estimate of drug-likeness (QED) is 0.751. The predicted octanol–water partition coefficient (Wildman–Crippen LogP) is 0.450. The summed E-state index contributed by atoms with van der Waals surface area (Å²) >= 11 is 0. The Hall–Kier alpha value is -1.10. The number of carbonyl (C=O) groups is 2. The Labute approximate surface area is 101 Å². The molecule has 2 aliphatic rings. The minimum atomic E-state index is -0.813. The fraction of sp³-hybridized carbons (Fsp3) is 0.833. The molecule has 5 heteroatoms. The molecule has 3 atom stereocenters. The SMILES string of the molecule is CC1NCCC1C(=O)N1CCCC1CC(=O)O. The van der Waals surface area contributed by atoms with Gasteiger partial charge in [-0.25, -0.2) is 0 Å². The molecule has 0 aromatic heterocycles. The van der Waals surface area contributed by atoms with Gasteiger partial charge in [-0.15, -0.1) is 0 Å². The van der Waals surface area contributed by atoms with Gasteiger partial charge in [-0.05, 0) is 32.7 Å². The Morgan fingerprint density at radius 3 is 2.76 bits per heavy atom. The van der Waals surface area contributed by atoms with Crippen LogP contribution >= 0.6 is 0 Å². The summed E-state index contributed by atoms with van der Waals surface area (Å²) in [6.45, 7) is 3.63. The highest BCUT2D eigenvalue weighted by atomic mass is 16.4. The van der Waals surface area contributed by atoms with Crippen LogP contribution in [0.3, 0.4) is 0 Å². The molecule has 2 fully saturated rings. The molecule has 0 aromatic carbocycles. The molecule has 0 bridgehead atoms. The summed E-state index contributed by atoms with van der Waals surface area (Å²) in [6.07, 6.45) is 2.71. The van der Waals surface area contributed by atoms with Crippen molar-refractivity contribution >= 4 is 11.9 Å². The number of aliphatic carboxylic acids is 1. The lowest BCUT2D eigenvalue weighted by Gasteiger charge is -2.27. The summed E-state index contributed by atoms with van der Waals surface area (Å²) in [4.78, 5) is 24.9. The third kappa shape index (κ3) is 2.60. The average molecular weight is 240 g/mol. The molecule has 0 aliphatic carbocycles. The number of carboxylic acids is 1. The summed E-state index contributed by atoms with van der Waals surface area (Å²) < 4.78 is 0. The van der Waals surface area contributed by atoms with Gasteiger partial charge in [0.25, 0.3) is 0 Å². The van der Waals surface area contributed by atoms with E-state index in [4.69, 9.17) is 5.11 Å². The molecule has 5 nitrogen and oxygen atoms in total. The first-order valence-electron chi connectivity index (χ1n) is 6.35. The number of likely N-dealkylation sites (tertiary alicyclic amines) is 1. The third-order valence-corrected chi connectivity index (χ3v) is 3.91. The lowest BCUT2D eigenvalue weighted by molar-refractivity contribution is -0.141. The van der Waals surface area contributed by atoms with Gasteiger partial charge < -0.3 is 15.3 Å². The van der Waals surface area contributed by atoms with Crippen molar-refractivity contribution in [3.05, 3.63) is 0 Å². The van der Waals surface area contributed by atoms with Gasteiger partial charge >= 0.3 is 5.97 Å². The highest BCUT2D eigenvalue weighted by Gasteiger charge is 2.37. The summed E-state index contributed by atoms with van der Waals surface area (Å²) in [6, 6.07) is 0.126. The van der Waals surface area contributed by atoms with E-state index in [1.165, 1.54) is 0 Å². The molecule has 17 heavy (non-hydrogen) atoms. The number of carbonyl (C=O) groups excluding carboxylic acids is 1. The van der Waals surface area contributed by atoms with E-state index in [9.17, 15) is 9.59 Å². The second-order valence-corrected chi connectivity index (χ2v) is 5.06. The Kier molecular flexibility index (Phi) is 3.66. The first-order valence-corrected chi connectivity index (χ1v) is 6.35. The van der Waals surface area contributed by atoms with Crippen LogP contribution in [0.25, 0.3) is 0 Å². The van der Waals surface area contributed by atoms with Crippen molar-refractivity contribution in [1.29, 1.82) is 0 Å². The van der Waals surface area contributed by atoms with E-state index in [1.54, 1.807) is 4.90 Å².